The molecule has 0 saturated carbocycles. The third kappa shape index (κ3) is 3.89. The Bertz CT molecular complexity index is 1100. The van der Waals surface area contributed by atoms with E-state index in [0.29, 0.717) is 40.8 Å². The van der Waals surface area contributed by atoms with Crippen molar-refractivity contribution in [3.63, 3.8) is 0 Å². The Kier molecular flexibility index (Phi) is 5.71. The Hall–Kier alpha value is -3.67. The summed E-state index contributed by atoms with van der Waals surface area (Å²) in [5, 5.41) is 0. The predicted octanol–water partition coefficient (Wildman–Crippen LogP) is 4.19. The Balaban J connectivity index is 1.88. The number of amides is 2. The zero-order chi connectivity index (χ0) is 22.0. The fourth-order valence-corrected chi connectivity index (χ4v) is 4.30. The number of carbonyl (C=O) groups excluding carboxylic acids is 2. The van der Waals surface area contributed by atoms with Gasteiger partial charge in [0.1, 0.15) is 17.6 Å². The molecule has 0 spiro atoms. The van der Waals surface area contributed by atoms with Crippen LogP contribution >= 0.6 is 0 Å². The van der Waals surface area contributed by atoms with Crippen molar-refractivity contribution in [1.29, 1.82) is 0 Å². The van der Waals surface area contributed by atoms with Crippen molar-refractivity contribution in [3.05, 3.63) is 101 Å². The average Bonchev–Trinajstić information content (AvgIpc) is 3.22. The number of ether oxygens (including phenoxy) is 1. The second-order valence-electron chi connectivity index (χ2n) is 7.53. The van der Waals surface area contributed by atoms with Crippen LogP contribution in [0.5, 0.6) is 5.75 Å². The Morgan fingerprint density at radius 2 is 1.71 bits per heavy atom. The van der Waals surface area contributed by atoms with E-state index in [1.165, 1.54) is 18.1 Å². The summed E-state index contributed by atoms with van der Waals surface area (Å²) in [4.78, 5) is 27.9. The van der Waals surface area contributed by atoms with E-state index in [2.05, 4.69) is 0 Å². The molecule has 5 nitrogen and oxygen atoms in total. The van der Waals surface area contributed by atoms with Crippen LogP contribution in [-0.2, 0) is 11.2 Å². The van der Waals surface area contributed by atoms with Gasteiger partial charge in [0.05, 0.1) is 13.2 Å². The van der Waals surface area contributed by atoms with E-state index in [-0.39, 0.29) is 11.7 Å². The molecular formula is C25H23FN2O3. The molecule has 1 aliphatic carbocycles. The van der Waals surface area contributed by atoms with Gasteiger partial charge in [0, 0.05) is 11.6 Å². The number of carbonyl (C=O) groups is 2. The minimum absolute atomic E-state index is 0.339. The standard InChI is InChI=1S/C25H23FN2O3/c1-31-18-14-20-19(21(26)15-18)12-13-22(20)28(25(30)17-10-6-3-7-11-17)23(24(27)29)16-8-4-2-5-9-16/h2-11,14-15,22-23H,12-13H2,1H3,(H2,27,29)/t22-,23+/m1/s1. The van der Waals surface area contributed by atoms with E-state index in [4.69, 9.17) is 10.5 Å². The van der Waals surface area contributed by atoms with E-state index < -0.39 is 18.0 Å². The summed E-state index contributed by atoms with van der Waals surface area (Å²) in [7, 11) is 1.47. The summed E-state index contributed by atoms with van der Waals surface area (Å²) < 4.78 is 20.0. The summed E-state index contributed by atoms with van der Waals surface area (Å²) in [6.45, 7) is 0. The molecule has 6 heteroatoms. The van der Waals surface area contributed by atoms with Crippen LogP contribution in [0.25, 0.3) is 0 Å². The first-order chi connectivity index (χ1) is 15.0. The highest BCUT2D eigenvalue weighted by molar-refractivity contribution is 5.98. The molecule has 0 unspecified atom stereocenters. The van der Waals surface area contributed by atoms with Gasteiger partial charge in [-0.3, -0.25) is 9.59 Å². The highest BCUT2D eigenvalue weighted by atomic mass is 19.1. The van der Waals surface area contributed by atoms with Crippen molar-refractivity contribution >= 4 is 11.8 Å². The number of fused-ring (bicyclic) bond motifs is 1. The molecular weight excluding hydrogens is 395 g/mol. The molecule has 0 fully saturated rings. The first-order valence-electron chi connectivity index (χ1n) is 10.1. The summed E-state index contributed by atoms with van der Waals surface area (Å²) in [5.74, 6) is -0.994. The molecule has 4 rings (SSSR count). The number of benzene rings is 3. The average molecular weight is 418 g/mol. The van der Waals surface area contributed by atoms with Crippen LogP contribution < -0.4 is 10.5 Å². The molecule has 0 heterocycles. The normalized spacial score (nSPS) is 15.7. The number of primary amides is 1. The van der Waals surface area contributed by atoms with Gasteiger partial charge in [-0.2, -0.15) is 0 Å². The van der Waals surface area contributed by atoms with E-state index in [1.54, 1.807) is 54.6 Å². The van der Waals surface area contributed by atoms with Crippen LogP contribution in [0.15, 0.2) is 72.8 Å². The van der Waals surface area contributed by atoms with Crippen molar-refractivity contribution in [3.8, 4) is 5.75 Å². The van der Waals surface area contributed by atoms with Crippen LogP contribution in [0.1, 0.15) is 45.6 Å². The molecule has 0 aromatic heterocycles. The van der Waals surface area contributed by atoms with Gasteiger partial charge in [-0.1, -0.05) is 48.5 Å². The van der Waals surface area contributed by atoms with Gasteiger partial charge in [-0.05, 0) is 47.7 Å². The van der Waals surface area contributed by atoms with Crippen molar-refractivity contribution in [1.82, 2.24) is 4.90 Å². The van der Waals surface area contributed by atoms with Crippen LogP contribution in [0, 0.1) is 5.82 Å². The number of nitrogens with two attached hydrogens (primary N) is 1. The fraction of sp³-hybridized carbons (Fsp3) is 0.200. The van der Waals surface area contributed by atoms with Gasteiger partial charge in [0.15, 0.2) is 0 Å². The van der Waals surface area contributed by atoms with Gasteiger partial charge in [-0.25, -0.2) is 4.39 Å². The minimum atomic E-state index is -1.00. The van der Waals surface area contributed by atoms with Gasteiger partial charge >= 0.3 is 0 Å². The fourth-order valence-electron chi connectivity index (χ4n) is 4.30. The Morgan fingerprint density at radius 3 is 2.32 bits per heavy atom. The van der Waals surface area contributed by atoms with Crippen molar-refractivity contribution in [2.45, 2.75) is 24.9 Å². The summed E-state index contributed by atoms with van der Waals surface area (Å²) in [5.41, 5.74) is 8.04. The SMILES string of the molecule is COc1cc(F)c2c(c1)[C@H](N(C(=O)c1ccccc1)[C@H](C(N)=O)c1ccccc1)CC2. The monoisotopic (exact) mass is 418 g/mol. The maximum Gasteiger partial charge on any atom is 0.255 e. The largest absolute Gasteiger partial charge is 0.497 e. The summed E-state index contributed by atoms with van der Waals surface area (Å²) >= 11 is 0. The highest BCUT2D eigenvalue weighted by Gasteiger charge is 2.40. The van der Waals surface area contributed by atoms with Crippen LogP contribution in [0.2, 0.25) is 0 Å². The quantitative estimate of drug-likeness (QED) is 0.652. The second kappa shape index (κ2) is 8.60. The molecule has 31 heavy (non-hydrogen) atoms. The van der Waals surface area contributed by atoms with Crippen molar-refractivity contribution < 1.29 is 18.7 Å². The number of hydrogen-bond acceptors (Lipinski definition) is 3. The topological polar surface area (TPSA) is 72.6 Å². The molecule has 2 amide bonds. The maximum atomic E-state index is 14.7. The summed E-state index contributed by atoms with van der Waals surface area (Å²) in [6.07, 6.45) is 0.934. The number of nitrogens with zero attached hydrogens (tertiary/aromatic N) is 1. The number of rotatable bonds is 6. The molecule has 3 aromatic rings. The number of hydrogen-bond donors (Lipinski definition) is 1. The van der Waals surface area contributed by atoms with E-state index in [9.17, 15) is 14.0 Å². The third-order valence-corrected chi connectivity index (χ3v) is 5.72. The molecule has 3 aromatic carbocycles. The Labute approximate surface area is 180 Å². The zero-order valence-corrected chi connectivity index (χ0v) is 17.1. The number of methoxy groups -OCH3 is 1. The van der Waals surface area contributed by atoms with Gasteiger partial charge in [0.25, 0.3) is 5.91 Å². The Morgan fingerprint density at radius 1 is 1.06 bits per heavy atom. The molecule has 158 valence electrons. The second-order valence-corrected chi connectivity index (χ2v) is 7.53. The highest BCUT2D eigenvalue weighted by Crippen LogP contribution is 2.43. The molecule has 0 saturated heterocycles. The number of halogens is 1. The van der Waals surface area contributed by atoms with Crippen LogP contribution in [0.3, 0.4) is 0 Å². The first kappa shape index (κ1) is 20.6. The molecule has 0 radical (unpaired) electrons. The molecule has 0 bridgehead atoms. The molecule has 2 atom stereocenters. The van der Waals surface area contributed by atoms with E-state index in [0.717, 1.165) is 0 Å². The lowest BCUT2D eigenvalue weighted by molar-refractivity contribution is -0.123. The lowest BCUT2D eigenvalue weighted by atomic mass is 9.97. The maximum absolute atomic E-state index is 14.7. The van der Waals surface area contributed by atoms with E-state index >= 15 is 0 Å². The van der Waals surface area contributed by atoms with Gasteiger partial charge in [-0.15, -0.1) is 0 Å². The zero-order valence-electron chi connectivity index (χ0n) is 17.1. The lowest BCUT2D eigenvalue weighted by Gasteiger charge is -2.36. The predicted molar refractivity (Wildman–Crippen MR) is 115 cm³/mol. The smallest absolute Gasteiger partial charge is 0.255 e. The van der Waals surface area contributed by atoms with Crippen LogP contribution in [0.4, 0.5) is 4.39 Å². The third-order valence-electron chi connectivity index (χ3n) is 5.72. The molecule has 2 N–H and O–H groups in total. The summed E-state index contributed by atoms with van der Waals surface area (Å²) in [6, 6.07) is 19.2. The van der Waals surface area contributed by atoms with Crippen LogP contribution in [-0.4, -0.2) is 23.8 Å². The van der Waals surface area contributed by atoms with Gasteiger partial charge < -0.3 is 15.4 Å². The molecule has 1 aliphatic rings. The van der Waals surface area contributed by atoms with Crippen molar-refractivity contribution in [2.24, 2.45) is 5.73 Å². The van der Waals surface area contributed by atoms with Gasteiger partial charge in [0.2, 0.25) is 5.91 Å². The molecule has 0 aliphatic heterocycles. The van der Waals surface area contributed by atoms with Crippen molar-refractivity contribution in [2.75, 3.05) is 7.11 Å². The van der Waals surface area contributed by atoms with E-state index in [1.807, 2.05) is 12.1 Å². The first-order valence-corrected chi connectivity index (χ1v) is 10.1. The lowest BCUT2D eigenvalue weighted by Crippen LogP contribution is -2.43. The minimum Gasteiger partial charge on any atom is -0.497 e.